The van der Waals surface area contributed by atoms with E-state index < -0.39 is 6.48 Å². The molecule has 20 heavy (non-hydrogen) atoms. The molecule has 2 aromatic rings. The van der Waals surface area contributed by atoms with Gasteiger partial charge in [0.2, 0.25) is 0 Å². The van der Waals surface area contributed by atoms with Crippen LogP contribution in [0.1, 0.15) is 12.0 Å². The van der Waals surface area contributed by atoms with Crippen molar-refractivity contribution in [2.75, 3.05) is 13.2 Å². The fourth-order valence-electron chi connectivity index (χ4n) is 4.03. The number of hydrogen-bond donors (Lipinski definition) is 1. The molecule has 0 radical (unpaired) electrons. The average Bonchev–Trinajstić information content (AvgIpc) is 2.83. The summed E-state index contributed by atoms with van der Waals surface area (Å²) in [6.07, 6.45) is 1.13. The zero-order chi connectivity index (χ0) is 13.6. The van der Waals surface area contributed by atoms with Crippen LogP contribution >= 0.6 is 11.6 Å². The molecule has 2 aromatic carbocycles. The van der Waals surface area contributed by atoms with E-state index in [0.29, 0.717) is 0 Å². The van der Waals surface area contributed by atoms with E-state index in [0.717, 1.165) is 24.6 Å². The van der Waals surface area contributed by atoms with Crippen molar-refractivity contribution in [3.63, 3.8) is 0 Å². The smallest absolute Gasteiger partial charge is 0.390 e. The summed E-state index contributed by atoms with van der Waals surface area (Å²) in [5.74, 6) is 0. The van der Waals surface area contributed by atoms with Gasteiger partial charge in [0.15, 0.2) is 0 Å². The summed E-state index contributed by atoms with van der Waals surface area (Å²) in [4.78, 5) is 1.54. The van der Waals surface area contributed by atoms with Crippen LogP contribution in [0.25, 0.3) is 0 Å². The summed E-state index contributed by atoms with van der Waals surface area (Å²) < 4.78 is 6.42. The highest BCUT2D eigenvalue weighted by Gasteiger charge is 2.49. The van der Waals surface area contributed by atoms with Crippen molar-refractivity contribution in [1.82, 2.24) is 0 Å². The number of nitrogens with one attached hydrogen (secondary N) is 1. The molecule has 1 fully saturated rings. The van der Waals surface area contributed by atoms with Crippen LogP contribution in [0.2, 0.25) is 5.02 Å². The predicted molar refractivity (Wildman–Crippen MR) is 83.0 cm³/mol. The summed E-state index contributed by atoms with van der Waals surface area (Å²) in [5, 5.41) is 0.789. The topological polar surface area (TPSA) is 13.7 Å². The Labute approximate surface area is 124 Å². The first-order chi connectivity index (χ1) is 9.80. The lowest BCUT2D eigenvalue weighted by Gasteiger charge is -2.46. The van der Waals surface area contributed by atoms with Gasteiger partial charge in [-0.3, -0.25) is 0 Å². The molecule has 4 rings (SSSR count). The third-order valence-electron chi connectivity index (χ3n) is 4.81. The van der Waals surface area contributed by atoms with E-state index in [2.05, 4.69) is 36.4 Å². The fourth-order valence-corrected chi connectivity index (χ4v) is 4.23. The quantitative estimate of drug-likeness (QED) is 0.762. The number of benzene rings is 2. The molecule has 2 unspecified atom stereocenters. The van der Waals surface area contributed by atoms with Crippen molar-refractivity contribution >= 4 is 29.0 Å². The van der Waals surface area contributed by atoms with Crippen LogP contribution in [-0.2, 0) is 11.2 Å². The largest absolute Gasteiger partial charge is 0.531 e. The molecule has 1 saturated heterocycles. The molecule has 0 saturated carbocycles. The molecule has 2 aliphatic rings. The van der Waals surface area contributed by atoms with Crippen LogP contribution in [0, 0.1) is 0 Å². The molecule has 0 amide bonds. The Morgan fingerprint density at radius 1 is 1.10 bits per heavy atom. The molecular formula is C16H17BClNO. The Balaban J connectivity index is 1.95. The minimum Gasteiger partial charge on any atom is -0.531 e. The minimum atomic E-state index is -1.16. The third-order valence-corrected chi connectivity index (χ3v) is 5.05. The Bertz CT molecular complexity index is 662. The first-order valence-corrected chi connectivity index (χ1v) is 7.67. The second-order valence-electron chi connectivity index (χ2n) is 5.85. The number of halogens is 1. The second-order valence-corrected chi connectivity index (χ2v) is 6.29. The van der Waals surface area contributed by atoms with E-state index in [1.807, 2.05) is 12.1 Å². The lowest BCUT2D eigenvalue weighted by atomic mass is 9.41. The van der Waals surface area contributed by atoms with Crippen LogP contribution in [0.4, 0.5) is 0 Å². The maximum absolute atomic E-state index is 6.42. The standard InChI is InChI=1S/C16H17BClNO/c18-15-7-3-6-14(11-15)17-16-8-2-1-5-13(16)12-19(17)9-4-10-20-17/h1-3,5-8,11,19H,4,9-10,12H2. The molecule has 0 bridgehead atoms. The van der Waals surface area contributed by atoms with Gasteiger partial charge < -0.3 is 9.47 Å². The van der Waals surface area contributed by atoms with Crippen LogP contribution in [-0.4, -0.2) is 19.6 Å². The highest BCUT2D eigenvalue weighted by atomic mass is 35.5. The van der Waals surface area contributed by atoms with Gasteiger partial charge in [-0.25, -0.2) is 0 Å². The van der Waals surface area contributed by atoms with Gasteiger partial charge in [-0.2, -0.15) is 0 Å². The van der Waals surface area contributed by atoms with Crippen molar-refractivity contribution in [3.8, 4) is 0 Å². The Morgan fingerprint density at radius 2 is 2.00 bits per heavy atom. The molecule has 1 N–H and O–H groups in total. The summed E-state index contributed by atoms with van der Waals surface area (Å²) >= 11 is 6.22. The lowest BCUT2D eigenvalue weighted by Crippen LogP contribution is -3.25. The van der Waals surface area contributed by atoms with E-state index >= 15 is 0 Å². The molecule has 0 aromatic heterocycles. The Hall–Kier alpha value is -1.29. The molecule has 0 spiro atoms. The summed E-state index contributed by atoms with van der Waals surface area (Å²) in [6.45, 7) is 1.90. The maximum atomic E-state index is 6.42. The van der Waals surface area contributed by atoms with Gasteiger partial charge in [0.05, 0.1) is 6.54 Å². The summed E-state index contributed by atoms with van der Waals surface area (Å²) in [5.41, 5.74) is 4.02. The van der Waals surface area contributed by atoms with Crippen LogP contribution in [0.3, 0.4) is 0 Å². The van der Waals surface area contributed by atoms with Crippen molar-refractivity contribution in [2.45, 2.75) is 13.0 Å². The van der Waals surface area contributed by atoms with Gasteiger partial charge in [-0.05, 0) is 11.6 Å². The minimum absolute atomic E-state index is 0.789. The number of quaternary nitrogens is 1. The van der Waals surface area contributed by atoms with Crippen molar-refractivity contribution in [2.24, 2.45) is 0 Å². The van der Waals surface area contributed by atoms with Gasteiger partial charge in [0.25, 0.3) is 0 Å². The number of fused-ring (bicyclic) bond motifs is 3. The fraction of sp³-hybridized carbons (Fsp3) is 0.250. The molecule has 2 aliphatic heterocycles. The van der Waals surface area contributed by atoms with Crippen LogP contribution < -0.4 is 15.7 Å². The summed E-state index contributed by atoms with van der Waals surface area (Å²) in [7, 11) is 0. The average molecular weight is 286 g/mol. The lowest BCUT2D eigenvalue weighted by molar-refractivity contribution is -0.818. The third kappa shape index (κ3) is 1.67. The normalized spacial score (nSPS) is 27.9. The van der Waals surface area contributed by atoms with Gasteiger partial charge in [0.1, 0.15) is 0 Å². The second kappa shape index (κ2) is 4.62. The number of rotatable bonds is 1. The Kier molecular flexibility index (Phi) is 2.88. The first-order valence-electron chi connectivity index (χ1n) is 7.29. The van der Waals surface area contributed by atoms with Crippen molar-refractivity contribution in [3.05, 3.63) is 59.1 Å². The monoisotopic (exact) mass is 285 g/mol. The van der Waals surface area contributed by atoms with Gasteiger partial charge in [0, 0.05) is 24.6 Å². The molecule has 102 valence electrons. The molecule has 2 atom stereocenters. The molecule has 0 aliphatic carbocycles. The van der Waals surface area contributed by atoms with E-state index in [1.165, 1.54) is 23.0 Å². The van der Waals surface area contributed by atoms with E-state index in [9.17, 15) is 0 Å². The van der Waals surface area contributed by atoms with Crippen molar-refractivity contribution < 1.29 is 9.47 Å². The first kappa shape index (κ1) is 12.5. The van der Waals surface area contributed by atoms with E-state index in [1.54, 1.807) is 4.81 Å². The van der Waals surface area contributed by atoms with E-state index in [-0.39, 0.29) is 0 Å². The zero-order valence-electron chi connectivity index (χ0n) is 11.3. The SMILES string of the molecule is Clc1cccc([B-]23OCCC[NH+]2Cc2ccccc23)c1. The highest BCUT2D eigenvalue weighted by molar-refractivity contribution is 6.92. The van der Waals surface area contributed by atoms with Crippen molar-refractivity contribution in [1.29, 1.82) is 0 Å². The predicted octanol–water partition coefficient (Wildman–Crippen LogP) is 0.715. The van der Waals surface area contributed by atoms with Gasteiger partial charge >= 0.3 is 6.48 Å². The molecule has 2 nitrogen and oxygen atoms in total. The number of hydrogen-bond acceptors (Lipinski definition) is 1. The molecule has 4 heteroatoms. The molecular weight excluding hydrogens is 268 g/mol. The van der Waals surface area contributed by atoms with Crippen LogP contribution in [0.5, 0.6) is 0 Å². The van der Waals surface area contributed by atoms with Crippen LogP contribution in [0.15, 0.2) is 48.5 Å². The maximum Gasteiger partial charge on any atom is 0.390 e. The zero-order valence-corrected chi connectivity index (χ0v) is 12.1. The summed E-state index contributed by atoms with van der Waals surface area (Å²) in [6, 6.07) is 16.9. The van der Waals surface area contributed by atoms with Gasteiger partial charge in [-0.1, -0.05) is 54.1 Å². The van der Waals surface area contributed by atoms with E-state index in [4.69, 9.17) is 16.3 Å². The Morgan fingerprint density at radius 3 is 2.90 bits per heavy atom. The molecule has 2 heterocycles. The van der Waals surface area contributed by atoms with Gasteiger partial charge in [-0.15, -0.1) is 10.9 Å². The highest BCUT2D eigenvalue weighted by Crippen LogP contribution is 2.16.